The minimum absolute atomic E-state index is 0.0361. The number of hydrogen-bond donors (Lipinski definition) is 2. The molecular weight excluding hydrogens is 328 g/mol. The fourth-order valence-corrected chi connectivity index (χ4v) is 3.37. The number of aliphatic hydroxyl groups is 1. The number of nitro groups is 1. The quantitative estimate of drug-likeness (QED) is 0.550. The first-order valence-corrected chi connectivity index (χ1v) is 8.05. The van der Waals surface area contributed by atoms with Gasteiger partial charge in [0.25, 0.3) is 11.6 Å². The third-order valence-corrected chi connectivity index (χ3v) is 4.77. The van der Waals surface area contributed by atoms with Crippen molar-refractivity contribution in [1.82, 2.24) is 5.32 Å². The molecule has 1 aromatic heterocycles. The summed E-state index contributed by atoms with van der Waals surface area (Å²) in [6.07, 6.45) is -0.829. The van der Waals surface area contributed by atoms with Gasteiger partial charge in [-0.05, 0) is 23.6 Å². The molecule has 1 heterocycles. The number of non-ortho nitro benzene ring substituents is 1. The first-order chi connectivity index (χ1) is 11.5. The third kappa shape index (κ3) is 3.42. The molecule has 0 fully saturated rings. The number of fused-ring (bicyclic) bond motifs is 1. The highest BCUT2D eigenvalue weighted by molar-refractivity contribution is 7.19. The number of nitrogens with zero attached hydrogens (tertiary/aromatic N) is 1. The van der Waals surface area contributed by atoms with Gasteiger partial charge in [-0.2, -0.15) is 0 Å². The van der Waals surface area contributed by atoms with E-state index >= 15 is 0 Å². The number of rotatable bonds is 5. The lowest BCUT2D eigenvalue weighted by molar-refractivity contribution is -0.384. The van der Waals surface area contributed by atoms with Crippen LogP contribution >= 0.6 is 11.3 Å². The predicted octanol–water partition coefficient (Wildman–Crippen LogP) is 3.27. The van der Waals surface area contributed by atoms with Gasteiger partial charge in [0.1, 0.15) is 6.10 Å². The molecule has 0 aliphatic heterocycles. The smallest absolute Gasteiger partial charge is 0.270 e. The van der Waals surface area contributed by atoms with E-state index in [0.29, 0.717) is 0 Å². The summed E-state index contributed by atoms with van der Waals surface area (Å²) >= 11 is 1.47. The van der Waals surface area contributed by atoms with Crippen LogP contribution in [-0.4, -0.2) is 22.5 Å². The maximum atomic E-state index is 12.1. The van der Waals surface area contributed by atoms with Gasteiger partial charge in [0.2, 0.25) is 0 Å². The standard InChI is InChI=1S/C17H14N2O4S/c20-14(16-9-11-4-1-2-7-15(11)24-16)10-18-17(21)12-5-3-6-13(8-12)19(22)23/h1-9,14,20H,10H2,(H,18,21). The van der Waals surface area contributed by atoms with Gasteiger partial charge in [-0.3, -0.25) is 14.9 Å². The molecule has 1 amide bonds. The molecule has 2 N–H and O–H groups in total. The number of carbonyl (C=O) groups excluding carboxylic acids is 1. The molecule has 2 aromatic carbocycles. The maximum Gasteiger partial charge on any atom is 0.270 e. The zero-order chi connectivity index (χ0) is 17.1. The number of carbonyl (C=O) groups is 1. The van der Waals surface area contributed by atoms with Gasteiger partial charge in [-0.25, -0.2) is 0 Å². The van der Waals surface area contributed by atoms with Crippen LogP contribution in [0.5, 0.6) is 0 Å². The lowest BCUT2D eigenvalue weighted by Crippen LogP contribution is -2.28. The van der Waals surface area contributed by atoms with E-state index < -0.39 is 16.9 Å². The summed E-state index contributed by atoms with van der Waals surface area (Å²) in [5.74, 6) is -0.459. The topological polar surface area (TPSA) is 92.5 Å². The molecule has 3 aromatic rings. The van der Waals surface area contributed by atoms with Gasteiger partial charge >= 0.3 is 0 Å². The first kappa shape index (κ1) is 16.1. The largest absolute Gasteiger partial charge is 0.386 e. The van der Waals surface area contributed by atoms with E-state index in [1.54, 1.807) is 0 Å². The van der Waals surface area contributed by atoms with Crippen molar-refractivity contribution in [2.75, 3.05) is 6.54 Å². The van der Waals surface area contributed by atoms with E-state index in [9.17, 15) is 20.0 Å². The Morgan fingerprint density at radius 2 is 2.00 bits per heavy atom. The van der Waals surface area contributed by atoms with Crippen molar-refractivity contribution in [3.05, 3.63) is 75.2 Å². The molecular formula is C17H14N2O4S. The lowest BCUT2D eigenvalue weighted by Gasteiger charge is -2.10. The average Bonchev–Trinajstić information content (AvgIpc) is 3.03. The number of thiophene rings is 1. The van der Waals surface area contributed by atoms with Gasteiger partial charge in [-0.15, -0.1) is 11.3 Å². The minimum atomic E-state index is -0.829. The summed E-state index contributed by atoms with van der Waals surface area (Å²) in [6, 6.07) is 15.2. The molecule has 122 valence electrons. The van der Waals surface area contributed by atoms with Crippen molar-refractivity contribution in [3.63, 3.8) is 0 Å². The molecule has 0 aliphatic rings. The van der Waals surface area contributed by atoms with Crippen LogP contribution in [0.2, 0.25) is 0 Å². The first-order valence-electron chi connectivity index (χ1n) is 7.24. The Bertz CT molecular complexity index is 873. The second-order valence-corrected chi connectivity index (χ2v) is 6.34. The fourth-order valence-electron chi connectivity index (χ4n) is 2.32. The van der Waals surface area contributed by atoms with Crippen LogP contribution < -0.4 is 5.32 Å². The summed E-state index contributed by atoms with van der Waals surface area (Å²) in [7, 11) is 0. The normalized spacial score (nSPS) is 12.0. The second-order valence-electron chi connectivity index (χ2n) is 5.22. The highest BCUT2D eigenvalue weighted by Gasteiger charge is 2.15. The van der Waals surface area contributed by atoms with E-state index in [0.717, 1.165) is 15.0 Å². The van der Waals surface area contributed by atoms with Gasteiger partial charge in [0, 0.05) is 33.8 Å². The average molecular weight is 342 g/mol. The Labute approximate surface area is 141 Å². The Morgan fingerprint density at radius 1 is 1.21 bits per heavy atom. The van der Waals surface area contributed by atoms with Gasteiger partial charge in [-0.1, -0.05) is 24.3 Å². The number of nitro benzene ring substituents is 1. The summed E-state index contributed by atoms with van der Waals surface area (Å²) < 4.78 is 1.07. The van der Waals surface area contributed by atoms with Crippen molar-refractivity contribution in [2.24, 2.45) is 0 Å². The van der Waals surface area contributed by atoms with E-state index in [-0.39, 0.29) is 17.8 Å². The number of aliphatic hydroxyl groups excluding tert-OH is 1. The molecule has 1 unspecified atom stereocenters. The van der Waals surface area contributed by atoms with Crippen LogP contribution in [0, 0.1) is 10.1 Å². The number of hydrogen-bond acceptors (Lipinski definition) is 5. The zero-order valence-electron chi connectivity index (χ0n) is 12.5. The molecule has 0 bridgehead atoms. The second kappa shape index (κ2) is 6.77. The van der Waals surface area contributed by atoms with Crippen LogP contribution in [0.3, 0.4) is 0 Å². The monoisotopic (exact) mass is 342 g/mol. The third-order valence-electron chi connectivity index (χ3n) is 3.55. The van der Waals surface area contributed by atoms with Crippen molar-refractivity contribution < 1.29 is 14.8 Å². The molecule has 0 saturated heterocycles. The van der Waals surface area contributed by atoms with Crippen LogP contribution in [0.15, 0.2) is 54.6 Å². The van der Waals surface area contributed by atoms with Crippen molar-refractivity contribution in [2.45, 2.75) is 6.10 Å². The van der Waals surface area contributed by atoms with Crippen LogP contribution in [0.25, 0.3) is 10.1 Å². The summed E-state index contributed by atoms with van der Waals surface area (Å²) in [5, 5.41) is 24.6. The van der Waals surface area contributed by atoms with Crippen LogP contribution in [0.4, 0.5) is 5.69 Å². The fraction of sp³-hybridized carbons (Fsp3) is 0.118. The maximum absolute atomic E-state index is 12.1. The van der Waals surface area contributed by atoms with Crippen LogP contribution in [-0.2, 0) is 0 Å². The van der Waals surface area contributed by atoms with Gasteiger partial charge < -0.3 is 10.4 Å². The van der Waals surface area contributed by atoms with Crippen molar-refractivity contribution in [1.29, 1.82) is 0 Å². The predicted molar refractivity (Wildman–Crippen MR) is 92.2 cm³/mol. The molecule has 6 nitrogen and oxygen atoms in total. The highest BCUT2D eigenvalue weighted by atomic mass is 32.1. The Balaban J connectivity index is 1.67. The molecule has 0 aliphatic carbocycles. The van der Waals surface area contributed by atoms with Gasteiger partial charge in [0.05, 0.1) is 4.92 Å². The summed E-state index contributed by atoms with van der Waals surface area (Å²) in [4.78, 5) is 23.0. The zero-order valence-corrected chi connectivity index (χ0v) is 13.3. The summed E-state index contributed by atoms with van der Waals surface area (Å²) in [5.41, 5.74) is 0.0421. The Morgan fingerprint density at radius 3 is 2.75 bits per heavy atom. The van der Waals surface area contributed by atoms with Crippen molar-refractivity contribution in [3.8, 4) is 0 Å². The molecule has 0 spiro atoms. The highest BCUT2D eigenvalue weighted by Crippen LogP contribution is 2.29. The lowest BCUT2D eigenvalue weighted by atomic mass is 10.2. The van der Waals surface area contributed by atoms with E-state index in [4.69, 9.17) is 0 Å². The Hall–Kier alpha value is -2.77. The SMILES string of the molecule is O=C(NCC(O)c1cc2ccccc2s1)c1cccc([N+](=O)[O-])c1. The molecule has 0 radical (unpaired) electrons. The molecule has 3 rings (SSSR count). The molecule has 0 saturated carbocycles. The summed E-state index contributed by atoms with van der Waals surface area (Å²) in [6.45, 7) is 0.0361. The number of amides is 1. The number of benzene rings is 2. The van der Waals surface area contributed by atoms with Crippen LogP contribution in [0.1, 0.15) is 21.3 Å². The molecule has 1 atom stereocenters. The molecule has 7 heteroatoms. The van der Waals surface area contributed by atoms with Crippen molar-refractivity contribution >= 4 is 33.0 Å². The Kier molecular flexibility index (Phi) is 4.54. The van der Waals surface area contributed by atoms with E-state index in [2.05, 4.69) is 5.32 Å². The number of nitrogens with one attached hydrogen (secondary N) is 1. The van der Waals surface area contributed by atoms with E-state index in [1.165, 1.54) is 35.6 Å². The minimum Gasteiger partial charge on any atom is -0.386 e. The van der Waals surface area contributed by atoms with E-state index in [1.807, 2.05) is 30.3 Å². The molecule has 24 heavy (non-hydrogen) atoms. The van der Waals surface area contributed by atoms with Gasteiger partial charge in [0.15, 0.2) is 0 Å².